The topological polar surface area (TPSA) is 63.2 Å². The molecule has 24 heavy (non-hydrogen) atoms. The van der Waals surface area contributed by atoms with Crippen LogP contribution in [0, 0.1) is 11.6 Å². The maximum atomic E-state index is 13.4. The molecule has 0 aromatic heterocycles. The number of sulfone groups is 1. The zero-order valence-electron chi connectivity index (χ0n) is 12.0. The lowest BCUT2D eigenvalue weighted by Crippen LogP contribution is -2.24. The molecule has 0 atom stereocenters. The number of carbonyl (C=O) groups is 1. The smallest absolute Gasteiger partial charge is 0.239 e. The van der Waals surface area contributed by atoms with Gasteiger partial charge in [-0.15, -0.1) is 0 Å². The van der Waals surface area contributed by atoms with Crippen molar-refractivity contribution in [1.82, 2.24) is 0 Å². The maximum Gasteiger partial charge on any atom is 0.239 e. The Hall–Kier alpha value is -1.70. The van der Waals surface area contributed by atoms with Crippen molar-refractivity contribution in [3.63, 3.8) is 0 Å². The van der Waals surface area contributed by atoms with Gasteiger partial charge in [-0.05, 0) is 29.8 Å². The van der Waals surface area contributed by atoms with Crippen molar-refractivity contribution < 1.29 is 22.0 Å². The molecule has 0 saturated carbocycles. The quantitative estimate of drug-likeness (QED) is 0.839. The Morgan fingerprint density at radius 2 is 1.79 bits per heavy atom. The van der Waals surface area contributed by atoms with E-state index in [-0.39, 0.29) is 10.7 Å². The Balaban J connectivity index is 2.06. The van der Waals surface area contributed by atoms with E-state index in [4.69, 9.17) is 23.2 Å². The monoisotopic (exact) mass is 393 g/mol. The molecule has 0 aliphatic carbocycles. The van der Waals surface area contributed by atoms with E-state index in [1.54, 1.807) is 0 Å². The van der Waals surface area contributed by atoms with Crippen molar-refractivity contribution in [3.8, 4) is 0 Å². The molecule has 0 radical (unpaired) electrons. The minimum Gasteiger partial charge on any atom is -0.323 e. The van der Waals surface area contributed by atoms with E-state index in [1.165, 1.54) is 18.2 Å². The average Bonchev–Trinajstić information content (AvgIpc) is 2.44. The molecule has 0 unspecified atom stereocenters. The number of benzene rings is 2. The third-order valence-electron chi connectivity index (χ3n) is 2.95. The van der Waals surface area contributed by atoms with E-state index < -0.39 is 38.9 Å². The molecular formula is C15H11Cl2F2NO3S. The first-order valence-electron chi connectivity index (χ1n) is 6.55. The van der Waals surface area contributed by atoms with Gasteiger partial charge in [0.05, 0.1) is 11.4 Å². The van der Waals surface area contributed by atoms with Crippen LogP contribution in [0.5, 0.6) is 0 Å². The maximum absolute atomic E-state index is 13.4. The number of halogens is 4. The molecule has 2 aromatic carbocycles. The summed E-state index contributed by atoms with van der Waals surface area (Å²) in [4.78, 5) is 11.8. The number of anilines is 1. The third kappa shape index (κ3) is 5.15. The van der Waals surface area contributed by atoms with Gasteiger partial charge in [-0.3, -0.25) is 4.79 Å². The van der Waals surface area contributed by atoms with Crippen molar-refractivity contribution in [2.24, 2.45) is 0 Å². The second-order valence-corrected chi connectivity index (χ2v) is 7.85. The van der Waals surface area contributed by atoms with Crippen molar-refractivity contribution in [2.45, 2.75) is 5.75 Å². The van der Waals surface area contributed by atoms with Gasteiger partial charge in [0.15, 0.2) is 9.84 Å². The summed E-state index contributed by atoms with van der Waals surface area (Å²) in [5, 5.41) is 2.60. The van der Waals surface area contributed by atoms with Crippen LogP contribution in [0.15, 0.2) is 36.4 Å². The summed E-state index contributed by atoms with van der Waals surface area (Å²) in [6.45, 7) is 0. The number of hydrogen-bond donors (Lipinski definition) is 1. The standard InChI is InChI=1S/C15H11Cl2F2NO3S/c16-10-2-1-9(12(17)5-10)7-24(22,23)8-15(21)20-14-4-3-11(18)6-13(14)19/h1-6H,7-8H2,(H,20,21). The predicted octanol–water partition coefficient (Wildman–Crippen LogP) is 3.83. The van der Waals surface area contributed by atoms with Crippen molar-refractivity contribution in [3.05, 3.63) is 63.6 Å². The number of hydrogen-bond acceptors (Lipinski definition) is 3. The van der Waals surface area contributed by atoms with Gasteiger partial charge in [-0.25, -0.2) is 17.2 Å². The molecule has 0 saturated heterocycles. The van der Waals surface area contributed by atoms with Gasteiger partial charge < -0.3 is 5.32 Å². The van der Waals surface area contributed by atoms with Gasteiger partial charge in [0, 0.05) is 16.1 Å². The highest BCUT2D eigenvalue weighted by atomic mass is 35.5. The van der Waals surface area contributed by atoms with Crippen LogP contribution in [-0.4, -0.2) is 20.1 Å². The molecule has 9 heteroatoms. The van der Waals surface area contributed by atoms with Crippen LogP contribution in [0.3, 0.4) is 0 Å². The molecule has 0 bridgehead atoms. The van der Waals surface area contributed by atoms with Gasteiger partial charge in [0.2, 0.25) is 5.91 Å². The zero-order chi connectivity index (χ0) is 17.9. The highest BCUT2D eigenvalue weighted by Crippen LogP contribution is 2.23. The molecular weight excluding hydrogens is 383 g/mol. The first kappa shape index (κ1) is 18.6. The molecule has 0 heterocycles. The Morgan fingerprint density at radius 3 is 2.42 bits per heavy atom. The van der Waals surface area contributed by atoms with Gasteiger partial charge in [-0.2, -0.15) is 0 Å². The summed E-state index contributed by atoms with van der Waals surface area (Å²) < 4.78 is 50.4. The Labute approximate surface area is 147 Å². The van der Waals surface area contributed by atoms with Crippen LogP contribution in [0.4, 0.5) is 14.5 Å². The molecule has 4 nitrogen and oxygen atoms in total. The average molecular weight is 394 g/mol. The molecule has 128 valence electrons. The zero-order valence-corrected chi connectivity index (χ0v) is 14.4. The molecule has 0 aliphatic rings. The highest BCUT2D eigenvalue weighted by Gasteiger charge is 2.20. The highest BCUT2D eigenvalue weighted by molar-refractivity contribution is 7.91. The molecule has 0 aliphatic heterocycles. The summed E-state index contributed by atoms with van der Waals surface area (Å²) >= 11 is 11.6. The first-order chi connectivity index (χ1) is 11.2. The van der Waals surface area contributed by atoms with E-state index in [2.05, 4.69) is 5.32 Å². The van der Waals surface area contributed by atoms with E-state index in [1.807, 2.05) is 0 Å². The van der Waals surface area contributed by atoms with E-state index >= 15 is 0 Å². The Kier molecular flexibility index (Phi) is 5.79. The van der Waals surface area contributed by atoms with Crippen LogP contribution < -0.4 is 5.32 Å². The van der Waals surface area contributed by atoms with Gasteiger partial charge in [0.1, 0.15) is 17.4 Å². The molecule has 1 N–H and O–H groups in total. The molecule has 1 amide bonds. The van der Waals surface area contributed by atoms with Crippen LogP contribution in [0.2, 0.25) is 10.0 Å². The summed E-state index contributed by atoms with van der Waals surface area (Å²) in [6, 6.07) is 6.84. The fraction of sp³-hybridized carbons (Fsp3) is 0.133. The van der Waals surface area contributed by atoms with E-state index in [0.29, 0.717) is 16.7 Å². The fourth-order valence-corrected chi connectivity index (χ4v) is 3.76. The fourth-order valence-electron chi connectivity index (χ4n) is 1.90. The lowest BCUT2D eigenvalue weighted by Gasteiger charge is -2.08. The van der Waals surface area contributed by atoms with Crippen molar-refractivity contribution in [1.29, 1.82) is 0 Å². The van der Waals surface area contributed by atoms with E-state index in [0.717, 1.165) is 12.1 Å². The number of nitrogens with one attached hydrogen (secondary N) is 1. The van der Waals surface area contributed by atoms with Gasteiger partial charge >= 0.3 is 0 Å². The lowest BCUT2D eigenvalue weighted by atomic mass is 10.2. The van der Waals surface area contributed by atoms with Gasteiger partial charge in [-0.1, -0.05) is 29.3 Å². The van der Waals surface area contributed by atoms with Crippen LogP contribution in [0.1, 0.15) is 5.56 Å². The minimum atomic E-state index is -3.85. The van der Waals surface area contributed by atoms with Gasteiger partial charge in [0.25, 0.3) is 0 Å². The lowest BCUT2D eigenvalue weighted by molar-refractivity contribution is -0.113. The van der Waals surface area contributed by atoms with Crippen molar-refractivity contribution in [2.75, 3.05) is 11.1 Å². The SMILES string of the molecule is O=C(CS(=O)(=O)Cc1ccc(Cl)cc1Cl)Nc1ccc(F)cc1F. The largest absolute Gasteiger partial charge is 0.323 e. The number of rotatable bonds is 5. The van der Waals surface area contributed by atoms with E-state index in [9.17, 15) is 22.0 Å². The number of carbonyl (C=O) groups excluding carboxylic acids is 1. The van der Waals surface area contributed by atoms with Crippen LogP contribution in [0.25, 0.3) is 0 Å². The molecule has 0 spiro atoms. The molecule has 0 fully saturated rings. The second kappa shape index (κ2) is 7.46. The normalized spacial score (nSPS) is 11.3. The minimum absolute atomic E-state index is 0.163. The summed E-state index contributed by atoms with van der Waals surface area (Å²) in [7, 11) is -3.85. The Morgan fingerprint density at radius 1 is 1.08 bits per heavy atom. The summed E-state index contributed by atoms with van der Waals surface area (Å²) in [6.07, 6.45) is 0. The van der Waals surface area contributed by atoms with Crippen molar-refractivity contribution >= 4 is 44.6 Å². The molecule has 2 aromatic rings. The number of amides is 1. The summed E-state index contributed by atoms with van der Waals surface area (Å²) in [5.74, 6) is -4.09. The Bertz CT molecular complexity index is 888. The van der Waals surface area contributed by atoms with Crippen LogP contribution in [-0.2, 0) is 20.4 Å². The third-order valence-corrected chi connectivity index (χ3v) is 4.99. The summed E-state index contributed by atoms with van der Waals surface area (Å²) in [5.41, 5.74) is -0.0112. The second-order valence-electron chi connectivity index (χ2n) is 4.94. The first-order valence-corrected chi connectivity index (χ1v) is 9.13. The molecule has 2 rings (SSSR count). The van der Waals surface area contributed by atoms with Crippen LogP contribution >= 0.6 is 23.2 Å². The predicted molar refractivity (Wildman–Crippen MR) is 88.9 cm³/mol.